The average molecular weight is 358 g/mol. The van der Waals surface area contributed by atoms with Crippen LogP contribution in [0, 0.1) is 13.8 Å². The summed E-state index contributed by atoms with van der Waals surface area (Å²) in [6.45, 7) is 5.68. The quantitative estimate of drug-likeness (QED) is 0.637. The van der Waals surface area contributed by atoms with Crippen molar-refractivity contribution >= 4 is 29.1 Å². The first kappa shape index (κ1) is 18.7. The van der Waals surface area contributed by atoms with Crippen LogP contribution in [0.5, 0.6) is 0 Å². The second-order valence-corrected chi connectivity index (χ2v) is 6.18. The van der Waals surface area contributed by atoms with Crippen molar-refractivity contribution in [1.82, 2.24) is 10.7 Å². The van der Waals surface area contributed by atoms with Gasteiger partial charge in [0.05, 0.1) is 12.3 Å². The lowest BCUT2D eigenvalue weighted by Gasteiger charge is -2.08. The van der Waals surface area contributed by atoms with Gasteiger partial charge in [0.15, 0.2) is 0 Å². The number of aryl methyl sites for hydroxylation is 2. The molecule has 2 amide bonds. The number of carbonyl (C=O) groups is 2. The number of halogens is 1. The Morgan fingerprint density at radius 3 is 2.40 bits per heavy atom. The summed E-state index contributed by atoms with van der Waals surface area (Å²) in [5, 5.41) is 7.18. The standard InChI is InChI=1S/C19H20ClN3O2/c1-12-4-9-17(13(2)10-12)14(3)22-23-18(24)11-21-19(25)15-5-7-16(20)8-6-15/h4-10H,11H2,1-3H3,(H,21,25)(H,23,24)/b22-14-. The maximum Gasteiger partial charge on any atom is 0.259 e. The van der Waals surface area contributed by atoms with Gasteiger partial charge in [0.25, 0.3) is 11.8 Å². The number of carbonyl (C=O) groups excluding carboxylic acids is 2. The van der Waals surface area contributed by atoms with E-state index in [1.807, 2.05) is 32.9 Å². The zero-order chi connectivity index (χ0) is 18.4. The van der Waals surface area contributed by atoms with Crippen LogP contribution >= 0.6 is 11.6 Å². The molecule has 0 radical (unpaired) electrons. The number of hydrogen-bond acceptors (Lipinski definition) is 3. The predicted molar refractivity (Wildman–Crippen MR) is 100 cm³/mol. The molecule has 2 aromatic carbocycles. The van der Waals surface area contributed by atoms with Gasteiger partial charge >= 0.3 is 0 Å². The summed E-state index contributed by atoms with van der Waals surface area (Å²) < 4.78 is 0. The fraction of sp³-hybridized carbons (Fsp3) is 0.211. The van der Waals surface area contributed by atoms with E-state index in [0.29, 0.717) is 16.3 Å². The molecule has 0 atom stereocenters. The second kappa shape index (κ2) is 8.44. The van der Waals surface area contributed by atoms with Crippen molar-refractivity contribution in [3.8, 4) is 0 Å². The van der Waals surface area contributed by atoms with E-state index in [1.165, 1.54) is 5.56 Å². The van der Waals surface area contributed by atoms with Gasteiger partial charge in [-0.25, -0.2) is 5.43 Å². The number of rotatable bonds is 5. The number of amides is 2. The Labute approximate surface area is 152 Å². The summed E-state index contributed by atoms with van der Waals surface area (Å²) in [6, 6.07) is 12.5. The van der Waals surface area contributed by atoms with Gasteiger partial charge < -0.3 is 5.32 Å². The van der Waals surface area contributed by atoms with Gasteiger partial charge in [0, 0.05) is 16.1 Å². The van der Waals surface area contributed by atoms with Crippen molar-refractivity contribution in [2.75, 3.05) is 6.54 Å². The Hall–Kier alpha value is -2.66. The molecule has 0 saturated heterocycles. The summed E-state index contributed by atoms with van der Waals surface area (Å²) in [5.74, 6) is -0.742. The van der Waals surface area contributed by atoms with Crippen molar-refractivity contribution in [3.05, 3.63) is 69.7 Å². The second-order valence-electron chi connectivity index (χ2n) is 5.74. The van der Waals surface area contributed by atoms with Gasteiger partial charge in [-0.15, -0.1) is 0 Å². The van der Waals surface area contributed by atoms with E-state index in [-0.39, 0.29) is 12.5 Å². The molecule has 0 saturated carbocycles. The molecule has 0 aliphatic carbocycles. The van der Waals surface area contributed by atoms with Crippen LogP contribution in [0.2, 0.25) is 5.02 Å². The largest absolute Gasteiger partial charge is 0.343 e. The maximum atomic E-state index is 11.9. The van der Waals surface area contributed by atoms with Crippen LogP contribution in [-0.2, 0) is 4.79 Å². The molecule has 25 heavy (non-hydrogen) atoms. The molecule has 0 aliphatic heterocycles. The fourth-order valence-corrected chi connectivity index (χ4v) is 2.46. The number of benzene rings is 2. The predicted octanol–water partition coefficient (Wildman–Crippen LogP) is 3.23. The Morgan fingerprint density at radius 1 is 1.08 bits per heavy atom. The highest BCUT2D eigenvalue weighted by Crippen LogP contribution is 2.11. The summed E-state index contributed by atoms with van der Waals surface area (Å²) in [4.78, 5) is 23.8. The van der Waals surface area contributed by atoms with E-state index < -0.39 is 5.91 Å². The minimum Gasteiger partial charge on any atom is -0.343 e. The fourth-order valence-electron chi connectivity index (χ4n) is 2.33. The lowest BCUT2D eigenvalue weighted by atomic mass is 10.0. The van der Waals surface area contributed by atoms with Gasteiger partial charge in [0.1, 0.15) is 0 Å². The molecule has 2 aromatic rings. The zero-order valence-electron chi connectivity index (χ0n) is 14.4. The number of nitrogens with zero attached hydrogens (tertiary/aromatic N) is 1. The molecule has 0 heterocycles. The summed E-state index contributed by atoms with van der Waals surface area (Å²) in [7, 11) is 0. The van der Waals surface area contributed by atoms with Crippen LogP contribution < -0.4 is 10.7 Å². The lowest BCUT2D eigenvalue weighted by molar-refractivity contribution is -0.120. The Kier molecular flexibility index (Phi) is 6.31. The molecule has 0 unspecified atom stereocenters. The van der Waals surface area contributed by atoms with Crippen LogP contribution in [0.15, 0.2) is 47.6 Å². The zero-order valence-corrected chi connectivity index (χ0v) is 15.1. The van der Waals surface area contributed by atoms with E-state index in [0.717, 1.165) is 11.1 Å². The topological polar surface area (TPSA) is 70.6 Å². The third-order valence-corrected chi connectivity index (χ3v) is 3.89. The van der Waals surface area contributed by atoms with Crippen molar-refractivity contribution in [1.29, 1.82) is 0 Å². The van der Waals surface area contributed by atoms with E-state index in [4.69, 9.17) is 11.6 Å². The molecule has 0 aromatic heterocycles. The van der Waals surface area contributed by atoms with Crippen LogP contribution in [0.4, 0.5) is 0 Å². The van der Waals surface area contributed by atoms with E-state index in [1.54, 1.807) is 24.3 Å². The van der Waals surface area contributed by atoms with Crippen LogP contribution in [0.3, 0.4) is 0 Å². The molecule has 0 bridgehead atoms. The molecule has 2 N–H and O–H groups in total. The molecule has 0 aliphatic rings. The molecular formula is C19H20ClN3O2. The summed E-state index contributed by atoms with van der Waals surface area (Å²) >= 11 is 5.77. The monoisotopic (exact) mass is 357 g/mol. The summed E-state index contributed by atoms with van der Waals surface area (Å²) in [5.41, 5.74) is 6.82. The molecular weight excluding hydrogens is 338 g/mol. The van der Waals surface area contributed by atoms with Crippen molar-refractivity contribution < 1.29 is 9.59 Å². The van der Waals surface area contributed by atoms with Crippen LogP contribution in [0.25, 0.3) is 0 Å². The Morgan fingerprint density at radius 2 is 1.76 bits per heavy atom. The first-order valence-corrected chi connectivity index (χ1v) is 8.19. The number of hydrogen-bond donors (Lipinski definition) is 2. The normalized spacial score (nSPS) is 11.1. The SMILES string of the molecule is C/C(=N/NC(=O)CNC(=O)c1ccc(Cl)cc1)c1ccc(C)cc1C. The Bertz CT molecular complexity index is 814. The van der Waals surface area contributed by atoms with Gasteiger partial charge in [-0.1, -0.05) is 35.4 Å². The van der Waals surface area contributed by atoms with Crippen molar-refractivity contribution in [2.45, 2.75) is 20.8 Å². The lowest BCUT2D eigenvalue weighted by Crippen LogP contribution is -2.35. The third-order valence-electron chi connectivity index (χ3n) is 3.64. The molecule has 6 heteroatoms. The smallest absolute Gasteiger partial charge is 0.259 e. The number of nitrogens with one attached hydrogen (secondary N) is 2. The molecule has 130 valence electrons. The molecule has 2 rings (SSSR count). The van der Waals surface area contributed by atoms with E-state index >= 15 is 0 Å². The first-order valence-electron chi connectivity index (χ1n) is 7.81. The Balaban J connectivity index is 1.89. The van der Waals surface area contributed by atoms with Gasteiger partial charge in [-0.05, 0) is 50.6 Å². The molecule has 0 spiro atoms. The minimum atomic E-state index is -0.397. The van der Waals surface area contributed by atoms with E-state index in [2.05, 4.69) is 21.9 Å². The molecule has 0 fully saturated rings. The van der Waals surface area contributed by atoms with E-state index in [9.17, 15) is 9.59 Å². The minimum absolute atomic E-state index is 0.162. The third kappa shape index (κ3) is 5.43. The van der Waals surface area contributed by atoms with Gasteiger partial charge in [-0.2, -0.15) is 5.10 Å². The first-order chi connectivity index (χ1) is 11.9. The highest BCUT2D eigenvalue weighted by Gasteiger charge is 2.08. The highest BCUT2D eigenvalue weighted by molar-refractivity contribution is 6.30. The highest BCUT2D eigenvalue weighted by atomic mass is 35.5. The van der Waals surface area contributed by atoms with Crippen LogP contribution in [-0.4, -0.2) is 24.1 Å². The van der Waals surface area contributed by atoms with Gasteiger partial charge in [0.2, 0.25) is 0 Å². The van der Waals surface area contributed by atoms with Gasteiger partial charge in [-0.3, -0.25) is 9.59 Å². The summed E-state index contributed by atoms with van der Waals surface area (Å²) in [6.07, 6.45) is 0. The van der Waals surface area contributed by atoms with Crippen molar-refractivity contribution in [2.24, 2.45) is 5.10 Å². The van der Waals surface area contributed by atoms with Crippen molar-refractivity contribution in [3.63, 3.8) is 0 Å². The van der Waals surface area contributed by atoms with Crippen LogP contribution in [0.1, 0.15) is 34.0 Å². The maximum absolute atomic E-state index is 11.9. The average Bonchev–Trinajstić information content (AvgIpc) is 2.58. The molecule has 5 nitrogen and oxygen atoms in total. The number of hydrazone groups is 1.